The van der Waals surface area contributed by atoms with E-state index in [1.165, 1.54) is 11.1 Å². The molecule has 1 amide bonds. The average molecular weight is 373 g/mol. The second-order valence-electron chi connectivity index (χ2n) is 8.62. The number of aliphatic hydroxyl groups excluding tert-OH is 1. The van der Waals surface area contributed by atoms with E-state index < -0.39 is 11.2 Å². The smallest absolute Gasteiger partial charge is 0.410 e. The second kappa shape index (κ2) is 6.08. The maximum atomic E-state index is 12.4. The number of methoxy groups -OCH3 is 1. The van der Waals surface area contributed by atoms with Gasteiger partial charge >= 0.3 is 6.09 Å². The fraction of sp³-hybridized carbons (Fsp3) is 0.571. The minimum absolute atomic E-state index is 0.326. The van der Waals surface area contributed by atoms with E-state index in [1.54, 1.807) is 18.1 Å². The molecule has 0 bridgehead atoms. The molecule has 0 saturated carbocycles. The number of amides is 1. The summed E-state index contributed by atoms with van der Waals surface area (Å²) in [5, 5.41) is 9.97. The van der Waals surface area contributed by atoms with E-state index in [0.29, 0.717) is 25.3 Å². The van der Waals surface area contributed by atoms with E-state index >= 15 is 0 Å². The number of ether oxygens (including phenoxy) is 3. The summed E-state index contributed by atoms with van der Waals surface area (Å²) in [4.78, 5) is 14.1. The van der Waals surface area contributed by atoms with Crippen molar-refractivity contribution in [3.05, 3.63) is 46.1 Å². The van der Waals surface area contributed by atoms with Gasteiger partial charge < -0.3 is 19.3 Å². The minimum atomic E-state index is -0.594. The number of carbonyl (C=O) groups is 1. The molecule has 1 saturated heterocycles. The number of hydrogen-bond acceptors (Lipinski definition) is 5. The van der Waals surface area contributed by atoms with Crippen LogP contribution in [-0.4, -0.2) is 47.5 Å². The molecule has 146 valence electrons. The van der Waals surface area contributed by atoms with Crippen molar-refractivity contribution in [3.63, 3.8) is 0 Å². The van der Waals surface area contributed by atoms with Gasteiger partial charge in [-0.05, 0) is 50.8 Å². The van der Waals surface area contributed by atoms with Crippen LogP contribution in [0, 0.1) is 0 Å². The monoisotopic (exact) mass is 373 g/mol. The van der Waals surface area contributed by atoms with E-state index in [0.717, 1.165) is 36.4 Å². The first kappa shape index (κ1) is 18.0. The standard InChI is InChI=1S/C21H27NO5/c1-20(2,3)27-19(24)22-11-21(12-22)17-10-14(25-4)6-8-15(17)16-7-5-13(23)9-18(16)26-21/h9-10,23H,5-8,11-12H2,1-4H3. The van der Waals surface area contributed by atoms with Gasteiger partial charge in [0.1, 0.15) is 11.4 Å². The third kappa shape index (κ3) is 3.11. The summed E-state index contributed by atoms with van der Waals surface area (Å²) in [7, 11) is 1.69. The SMILES string of the molecule is COC1=CC2=C(CC1)C1=C(C=C(O)CC1)OC21CN(C(=O)OC(C)(C)C)C1. The highest BCUT2D eigenvalue weighted by Crippen LogP contribution is 2.49. The Morgan fingerprint density at radius 1 is 1.15 bits per heavy atom. The molecule has 2 aliphatic heterocycles. The molecule has 4 rings (SSSR count). The van der Waals surface area contributed by atoms with Gasteiger partial charge in [-0.1, -0.05) is 0 Å². The maximum Gasteiger partial charge on any atom is 0.410 e. The molecule has 27 heavy (non-hydrogen) atoms. The predicted octanol–water partition coefficient (Wildman–Crippen LogP) is 4.12. The Kier molecular flexibility index (Phi) is 4.05. The van der Waals surface area contributed by atoms with E-state index in [-0.39, 0.29) is 6.09 Å². The number of fused-ring (bicyclic) bond motifs is 2. The van der Waals surface area contributed by atoms with Crippen molar-refractivity contribution >= 4 is 6.09 Å². The van der Waals surface area contributed by atoms with Crippen molar-refractivity contribution in [2.45, 2.75) is 57.7 Å². The summed E-state index contributed by atoms with van der Waals surface area (Å²) < 4.78 is 17.4. The van der Waals surface area contributed by atoms with Crippen molar-refractivity contribution in [2.24, 2.45) is 0 Å². The van der Waals surface area contributed by atoms with E-state index in [9.17, 15) is 9.90 Å². The Morgan fingerprint density at radius 2 is 1.85 bits per heavy atom. The first-order chi connectivity index (χ1) is 12.7. The summed E-state index contributed by atoms with van der Waals surface area (Å²) in [6, 6.07) is 0. The van der Waals surface area contributed by atoms with Crippen LogP contribution in [0.5, 0.6) is 0 Å². The van der Waals surface area contributed by atoms with Gasteiger partial charge in [-0.15, -0.1) is 0 Å². The summed E-state index contributed by atoms with van der Waals surface area (Å²) in [6.07, 6.45) is 6.64. The maximum absolute atomic E-state index is 12.4. The quantitative estimate of drug-likeness (QED) is 0.749. The number of nitrogens with zero attached hydrogens (tertiary/aromatic N) is 1. The van der Waals surface area contributed by atoms with E-state index in [1.807, 2.05) is 20.8 Å². The summed E-state index contributed by atoms with van der Waals surface area (Å²) in [5.41, 5.74) is 2.45. The van der Waals surface area contributed by atoms with Crippen molar-refractivity contribution in [3.8, 4) is 0 Å². The van der Waals surface area contributed by atoms with Crippen molar-refractivity contribution < 1.29 is 24.1 Å². The lowest BCUT2D eigenvalue weighted by molar-refractivity contribution is -0.0911. The number of allylic oxidation sites excluding steroid dienone is 5. The number of hydrogen-bond donors (Lipinski definition) is 1. The Balaban J connectivity index is 1.65. The Morgan fingerprint density at radius 3 is 2.52 bits per heavy atom. The first-order valence-corrected chi connectivity index (χ1v) is 9.49. The molecule has 6 heteroatoms. The topological polar surface area (TPSA) is 68.2 Å². The third-order valence-corrected chi connectivity index (χ3v) is 5.45. The van der Waals surface area contributed by atoms with Gasteiger partial charge in [-0.3, -0.25) is 4.90 Å². The van der Waals surface area contributed by atoms with Crippen molar-refractivity contribution in [1.82, 2.24) is 4.90 Å². The molecule has 0 aromatic heterocycles. The molecule has 0 radical (unpaired) electrons. The van der Waals surface area contributed by atoms with Crippen LogP contribution < -0.4 is 0 Å². The first-order valence-electron chi connectivity index (χ1n) is 9.49. The van der Waals surface area contributed by atoms with Gasteiger partial charge in [-0.2, -0.15) is 0 Å². The summed E-state index contributed by atoms with van der Waals surface area (Å²) in [6.45, 7) is 6.44. The molecular formula is C21H27NO5. The number of carbonyl (C=O) groups excluding carboxylic acids is 1. The van der Waals surface area contributed by atoms with Gasteiger partial charge in [0.2, 0.25) is 0 Å². The number of aliphatic hydroxyl groups is 1. The number of rotatable bonds is 1. The molecule has 1 fully saturated rings. The lowest BCUT2D eigenvalue weighted by Crippen LogP contribution is -2.67. The lowest BCUT2D eigenvalue weighted by atomic mass is 9.73. The van der Waals surface area contributed by atoms with Crippen LogP contribution in [0.1, 0.15) is 46.5 Å². The third-order valence-electron chi connectivity index (χ3n) is 5.45. The highest BCUT2D eigenvalue weighted by atomic mass is 16.6. The lowest BCUT2D eigenvalue weighted by Gasteiger charge is -2.53. The van der Waals surface area contributed by atoms with Crippen molar-refractivity contribution in [2.75, 3.05) is 20.2 Å². The molecule has 2 aliphatic carbocycles. The molecule has 0 atom stereocenters. The molecule has 2 heterocycles. The molecule has 6 nitrogen and oxygen atoms in total. The van der Waals surface area contributed by atoms with Gasteiger partial charge in [-0.25, -0.2) is 4.79 Å². The summed E-state index contributed by atoms with van der Waals surface area (Å²) >= 11 is 0. The van der Waals surface area contributed by atoms with E-state index in [4.69, 9.17) is 14.2 Å². The van der Waals surface area contributed by atoms with Crippen LogP contribution in [0.2, 0.25) is 0 Å². The molecule has 4 aliphatic rings. The van der Waals surface area contributed by atoms with Crippen LogP contribution in [0.15, 0.2) is 46.1 Å². The molecule has 1 N–H and O–H groups in total. The minimum Gasteiger partial charge on any atom is -0.512 e. The molecule has 1 spiro atoms. The van der Waals surface area contributed by atoms with E-state index in [2.05, 4.69) is 6.08 Å². The van der Waals surface area contributed by atoms with Crippen LogP contribution >= 0.6 is 0 Å². The van der Waals surface area contributed by atoms with Crippen LogP contribution in [0.3, 0.4) is 0 Å². The van der Waals surface area contributed by atoms with Crippen LogP contribution in [0.25, 0.3) is 0 Å². The fourth-order valence-electron chi connectivity index (χ4n) is 4.19. The van der Waals surface area contributed by atoms with Gasteiger partial charge in [0.15, 0.2) is 5.60 Å². The van der Waals surface area contributed by atoms with Crippen molar-refractivity contribution in [1.29, 1.82) is 0 Å². The fourth-order valence-corrected chi connectivity index (χ4v) is 4.19. The molecular weight excluding hydrogens is 346 g/mol. The van der Waals surface area contributed by atoms with Gasteiger partial charge in [0.05, 0.1) is 31.7 Å². The van der Waals surface area contributed by atoms with Crippen LogP contribution in [0.4, 0.5) is 4.79 Å². The summed E-state index contributed by atoms with van der Waals surface area (Å²) in [5.74, 6) is 2.03. The molecule has 0 unspecified atom stereocenters. The Bertz CT molecular complexity index is 803. The largest absolute Gasteiger partial charge is 0.512 e. The second-order valence-corrected chi connectivity index (χ2v) is 8.62. The highest BCUT2D eigenvalue weighted by Gasteiger charge is 2.54. The van der Waals surface area contributed by atoms with Gasteiger partial charge in [0.25, 0.3) is 0 Å². The highest BCUT2D eigenvalue weighted by molar-refractivity contribution is 5.71. The average Bonchev–Trinajstić information content (AvgIpc) is 2.56. The number of likely N-dealkylation sites (tertiary alicyclic amines) is 1. The zero-order valence-electron chi connectivity index (χ0n) is 16.4. The zero-order chi connectivity index (χ0) is 19.4. The van der Waals surface area contributed by atoms with Crippen LogP contribution in [-0.2, 0) is 14.2 Å². The van der Waals surface area contributed by atoms with Gasteiger partial charge in [0, 0.05) is 24.5 Å². The molecule has 0 aromatic rings. The Hall–Kier alpha value is -2.37. The Labute approximate surface area is 159 Å². The normalized spacial score (nSPS) is 23.6. The predicted molar refractivity (Wildman–Crippen MR) is 99.9 cm³/mol. The zero-order valence-corrected chi connectivity index (χ0v) is 16.4. The molecule has 0 aromatic carbocycles.